The van der Waals surface area contributed by atoms with Gasteiger partial charge in [0.25, 0.3) is 0 Å². The predicted octanol–water partition coefficient (Wildman–Crippen LogP) is 2.66. The minimum absolute atomic E-state index is 0.193. The first-order chi connectivity index (χ1) is 9.55. The fourth-order valence-corrected chi connectivity index (χ4v) is 2.67. The van der Waals surface area contributed by atoms with E-state index in [9.17, 15) is 0 Å². The number of nitrogens with zero attached hydrogens (tertiary/aromatic N) is 3. The maximum Gasteiger partial charge on any atom is 0.0777 e. The summed E-state index contributed by atoms with van der Waals surface area (Å²) < 4.78 is 1.95. The van der Waals surface area contributed by atoms with Crippen LogP contribution in [0.1, 0.15) is 30.0 Å². The van der Waals surface area contributed by atoms with Crippen LogP contribution in [-0.4, -0.2) is 14.8 Å². The van der Waals surface area contributed by atoms with E-state index in [2.05, 4.69) is 15.5 Å². The van der Waals surface area contributed by atoms with Gasteiger partial charge in [-0.1, -0.05) is 23.2 Å². The van der Waals surface area contributed by atoms with Crippen molar-refractivity contribution in [3.05, 3.63) is 45.5 Å². The molecular formula is C13H17Cl2N5. The monoisotopic (exact) mass is 313 g/mol. The van der Waals surface area contributed by atoms with E-state index in [1.54, 1.807) is 12.3 Å². The molecule has 0 amide bonds. The third-order valence-electron chi connectivity index (χ3n) is 3.07. The van der Waals surface area contributed by atoms with Crippen molar-refractivity contribution in [2.75, 3.05) is 0 Å². The SMILES string of the molecule is CCn1nc(C)cc1CC(NN)c1ncc(Cl)cc1Cl. The maximum absolute atomic E-state index is 6.18. The van der Waals surface area contributed by atoms with Gasteiger partial charge in [-0.15, -0.1) is 0 Å². The summed E-state index contributed by atoms with van der Waals surface area (Å²) in [7, 11) is 0. The molecule has 1 unspecified atom stereocenters. The van der Waals surface area contributed by atoms with E-state index in [0.717, 1.165) is 17.9 Å². The number of nitrogens with one attached hydrogen (secondary N) is 1. The molecule has 2 rings (SSSR count). The summed E-state index contributed by atoms with van der Waals surface area (Å²) in [4.78, 5) is 4.27. The van der Waals surface area contributed by atoms with Crippen LogP contribution >= 0.6 is 23.2 Å². The number of hydrogen-bond donors (Lipinski definition) is 2. The van der Waals surface area contributed by atoms with Crippen LogP contribution in [0.5, 0.6) is 0 Å². The van der Waals surface area contributed by atoms with E-state index in [1.165, 1.54) is 0 Å². The number of pyridine rings is 1. The Morgan fingerprint density at radius 2 is 2.15 bits per heavy atom. The molecule has 2 aromatic heterocycles. The van der Waals surface area contributed by atoms with E-state index < -0.39 is 0 Å². The molecule has 1 atom stereocenters. The largest absolute Gasteiger partial charge is 0.271 e. The first kappa shape index (κ1) is 15.3. The average Bonchev–Trinajstić information content (AvgIpc) is 2.76. The molecule has 0 radical (unpaired) electrons. The lowest BCUT2D eigenvalue weighted by Crippen LogP contribution is -2.31. The molecule has 20 heavy (non-hydrogen) atoms. The number of halogens is 2. The summed E-state index contributed by atoms with van der Waals surface area (Å²) in [5, 5.41) is 5.42. The molecule has 2 heterocycles. The minimum Gasteiger partial charge on any atom is -0.271 e. The van der Waals surface area contributed by atoms with Crippen LogP contribution in [0.25, 0.3) is 0 Å². The van der Waals surface area contributed by atoms with Gasteiger partial charge in [-0.25, -0.2) is 0 Å². The Hall–Kier alpha value is -1.14. The van der Waals surface area contributed by atoms with Crippen molar-refractivity contribution in [3.8, 4) is 0 Å². The number of aryl methyl sites for hydroxylation is 2. The Kier molecular flexibility index (Phi) is 4.99. The van der Waals surface area contributed by atoms with Gasteiger partial charge in [0.05, 0.1) is 27.5 Å². The fraction of sp³-hybridized carbons (Fsp3) is 0.385. The highest BCUT2D eigenvalue weighted by Gasteiger charge is 2.18. The maximum atomic E-state index is 6.18. The highest BCUT2D eigenvalue weighted by atomic mass is 35.5. The number of hydrazine groups is 1. The topological polar surface area (TPSA) is 68.8 Å². The van der Waals surface area contributed by atoms with E-state index in [1.807, 2.05) is 24.6 Å². The van der Waals surface area contributed by atoms with Gasteiger partial charge in [0.15, 0.2) is 0 Å². The molecular weight excluding hydrogens is 297 g/mol. The van der Waals surface area contributed by atoms with Crippen LogP contribution < -0.4 is 11.3 Å². The highest BCUT2D eigenvalue weighted by Crippen LogP contribution is 2.26. The van der Waals surface area contributed by atoms with Gasteiger partial charge in [0, 0.05) is 24.9 Å². The molecule has 0 aliphatic heterocycles. The lowest BCUT2D eigenvalue weighted by Gasteiger charge is -2.17. The predicted molar refractivity (Wildman–Crippen MR) is 80.7 cm³/mol. The first-order valence-electron chi connectivity index (χ1n) is 6.35. The van der Waals surface area contributed by atoms with Gasteiger partial charge in [-0.2, -0.15) is 5.10 Å². The molecule has 7 heteroatoms. The minimum atomic E-state index is -0.193. The molecule has 0 aliphatic rings. The van der Waals surface area contributed by atoms with Crippen molar-refractivity contribution in [1.29, 1.82) is 0 Å². The van der Waals surface area contributed by atoms with Gasteiger partial charge in [-0.3, -0.25) is 20.9 Å². The smallest absolute Gasteiger partial charge is 0.0777 e. The van der Waals surface area contributed by atoms with Crippen LogP contribution in [0.4, 0.5) is 0 Å². The van der Waals surface area contributed by atoms with Crippen LogP contribution in [0.3, 0.4) is 0 Å². The fourth-order valence-electron chi connectivity index (χ4n) is 2.16. The van der Waals surface area contributed by atoms with E-state index >= 15 is 0 Å². The van der Waals surface area contributed by atoms with Gasteiger partial charge in [-0.05, 0) is 26.0 Å². The normalized spacial score (nSPS) is 12.7. The standard InChI is InChI=1S/C13H17Cl2N5/c1-3-20-10(4-8(2)19-20)6-12(18-16)13-11(15)5-9(14)7-17-13/h4-5,7,12,18H,3,6,16H2,1-2H3. The second-order valence-electron chi connectivity index (χ2n) is 4.54. The van der Waals surface area contributed by atoms with Crippen LogP contribution in [0.2, 0.25) is 10.0 Å². The summed E-state index contributed by atoms with van der Waals surface area (Å²) in [6, 6.07) is 3.51. The zero-order chi connectivity index (χ0) is 14.7. The summed E-state index contributed by atoms with van der Waals surface area (Å²) >= 11 is 12.0. The summed E-state index contributed by atoms with van der Waals surface area (Å²) in [6.45, 7) is 4.82. The number of rotatable bonds is 5. The molecule has 0 saturated heterocycles. The van der Waals surface area contributed by atoms with E-state index in [0.29, 0.717) is 22.2 Å². The molecule has 0 aliphatic carbocycles. The lowest BCUT2D eigenvalue weighted by atomic mass is 10.1. The van der Waals surface area contributed by atoms with Crippen LogP contribution in [0, 0.1) is 6.92 Å². The van der Waals surface area contributed by atoms with E-state index in [4.69, 9.17) is 29.0 Å². The quantitative estimate of drug-likeness (QED) is 0.657. The molecule has 0 aromatic carbocycles. The third-order valence-corrected chi connectivity index (χ3v) is 3.58. The van der Waals surface area contributed by atoms with Crippen molar-refractivity contribution >= 4 is 23.2 Å². The zero-order valence-corrected chi connectivity index (χ0v) is 12.9. The highest BCUT2D eigenvalue weighted by molar-refractivity contribution is 6.34. The van der Waals surface area contributed by atoms with Gasteiger partial charge in [0.1, 0.15) is 0 Å². The van der Waals surface area contributed by atoms with Crippen molar-refractivity contribution in [1.82, 2.24) is 20.2 Å². The molecule has 3 N–H and O–H groups in total. The molecule has 0 saturated carbocycles. The Morgan fingerprint density at radius 3 is 2.75 bits per heavy atom. The zero-order valence-electron chi connectivity index (χ0n) is 11.4. The first-order valence-corrected chi connectivity index (χ1v) is 7.11. The second kappa shape index (κ2) is 6.54. The molecule has 0 bridgehead atoms. The van der Waals surface area contributed by atoms with Gasteiger partial charge < -0.3 is 0 Å². The molecule has 2 aromatic rings. The number of nitrogens with two attached hydrogens (primary N) is 1. The Bertz CT molecular complexity index is 596. The van der Waals surface area contributed by atoms with Crippen molar-refractivity contribution in [3.63, 3.8) is 0 Å². The average molecular weight is 314 g/mol. The summed E-state index contributed by atoms with van der Waals surface area (Å²) in [5.41, 5.74) is 5.50. The van der Waals surface area contributed by atoms with Crippen molar-refractivity contribution < 1.29 is 0 Å². The van der Waals surface area contributed by atoms with Gasteiger partial charge in [0.2, 0.25) is 0 Å². The molecule has 0 fully saturated rings. The molecule has 108 valence electrons. The van der Waals surface area contributed by atoms with Gasteiger partial charge >= 0.3 is 0 Å². The second-order valence-corrected chi connectivity index (χ2v) is 5.38. The summed E-state index contributed by atoms with van der Waals surface area (Å²) in [5.74, 6) is 5.65. The van der Waals surface area contributed by atoms with Crippen LogP contribution in [0.15, 0.2) is 18.3 Å². The lowest BCUT2D eigenvalue weighted by molar-refractivity contribution is 0.507. The van der Waals surface area contributed by atoms with E-state index in [-0.39, 0.29) is 6.04 Å². The number of aromatic nitrogens is 3. The Morgan fingerprint density at radius 1 is 1.40 bits per heavy atom. The third kappa shape index (κ3) is 3.30. The number of hydrogen-bond acceptors (Lipinski definition) is 4. The van der Waals surface area contributed by atoms with Crippen LogP contribution in [-0.2, 0) is 13.0 Å². The molecule has 0 spiro atoms. The van der Waals surface area contributed by atoms with Crippen molar-refractivity contribution in [2.24, 2.45) is 5.84 Å². The Balaban J connectivity index is 2.28. The summed E-state index contributed by atoms with van der Waals surface area (Å²) in [6.07, 6.45) is 2.22. The van der Waals surface area contributed by atoms with Crippen molar-refractivity contribution in [2.45, 2.75) is 32.9 Å². The Labute approximate surface area is 128 Å². The molecule has 5 nitrogen and oxygen atoms in total.